The zero-order valence-electron chi connectivity index (χ0n) is 12.3. The molecule has 1 atom stereocenters. The van der Waals surface area contributed by atoms with Crippen LogP contribution in [0, 0.1) is 13.8 Å². The number of amides is 1. The van der Waals surface area contributed by atoms with E-state index < -0.39 is 0 Å². The van der Waals surface area contributed by atoms with Gasteiger partial charge in [-0.2, -0.15) is 0 Å². The van der Waals surface area contributed by atoms with Crippen LogP contribution < -0.4 is 5.32 Å². The van der Waals surface area contributed by atoms with Crippen molar-refractivity contribution in [3.05, 3.63) is 70.8 Å². The van der Waals surface area contributed by atoms with E-state index in [4.69, 9.17) is 0 Å². The zero-order chi connectivity index (χ0) is 14.5. The molecule has 0 saturated heterocycles. The van der Waals surface area contributed by atoms with Gasteiger partial charge in [0.15, 0.2) is 0 Å². The lowest BCUT2D eigenvalue weighted by molar-refractivity contribution is -0.121. The second-order valence-corrected chi connectivity index (χ2v) is 5.31. The molecule has 0 unspecified atom stereocenters. The molecular formula is C18H21NO. The summed E-state index contributed by atoms with van der Waals surface area (Å²) in [6.45, 7) is 6.10. The molecule has 1 N–H and O–H groups in total. The molecule has 2 aromatic rings. The van der Waals surface area contributed by atoms with Crippen LogP contribution in [0.3, 0.4) is 0 Å². The third kappa shape index (κ3) is 3.70. The largest absolute Gasteiger partial charge is 0.349 e. The van der Waals surface area contributed by atoms with Crippen LogP contribution in [0.1, 0.15) is 35.2 Å². The molecule has 0 aromatic heterocycles. The maximum atomic E-state index is 12.1. The Kier molecular flexibility index (Phi) is 4.57. The van der Waals surface area contributed by atoms with Gasteiger partial charge in [0.25, 0.3) is 0 Å². The lowest BCUT2D eigenvalue weighted by Gasteiger charge is -2.15. The van der Waals surface area contributed by atoms with Crippen LogP contribution >= 0.6 is 0 Å². The molecule has 0 heterocycles. The molecule has 0 bridgehead atoms. The van der Waals surface area contributed by atoms with Crippen LogP contribution in [0.4, 0.5) is 0 Å². The topological polar surface area (TPSA) is 29.1 Å². The second-order valence-electron chi connectivity index (χ2n) is 5.31. The molecule has 0 aliphatic heterocycles. The fourth-order valence-corrected chi connectivity index (χ4v) is 2.28. The van der Waals surface area contributed by atoms with Gasteiger partial charge in [-0.25, -0.2) is 0 Å². The van der Waals surface area contributed by atoms with Crippen LogP contribution in [0.25, 0.3) is 0 Å². The first-order chi connectivity index (χ1) is 9.56. The monoisotopic (exact) mass is 267 g/mol. The van der Waals surface area contributed by atoms with Crippen LogP contribution in [-0.2, 0) is 11.2 Å². The minimum atomic E-state index is 0.0359. The van der Waals surface area contributed by atoms with Crippen molar-refractivity contribution in [3.8, 4) is 0 Å². The second kappa shape index (κ2) is 6.38. The molecule has 0 spiro atoms. The predicted molar refractivity (Wildman–Crippen MR) is 82.6 cm³/mol. The standard InChI is InChI=1S/C18H21NO/c1-13-9-10-14(2)17(11-13)12-18(20)19-15(3)16-7-5-4-6-8-16/h4-11,15H,12H2,1-3H3,(H,19,20)/t15-/m1/s1. The maximum absolute atomic E-state index is 12.1. The number of aryl methyl sites for hydroxylation is 2. The molecule has 0 aliphatic carbocycles. The summed E-state index contributed by atoms with van der Waals surface area (Å²) < 4.78 is 0. The highest BCUT2D eigenvalue weighted by Crippen LogP contribution is 2.14. The molecule has 0 radical (unpaired) electrons. The van der Waals surface area contributed by atoms with E-state index in [2.05, 4.69) is 23.5 Å². The van der Waals surface area contributed by atoms with Crippen molar-refractivity contribution in [1.29, 1.82) is 0 Å². The Balaban J connectivity index is 2.01. The molecule has 0 fully saturated rings. The Morgan fingerprint density at radius 2 is 1.80 bits per heavy atom. The van der Waals surface area contributed by atoms with Crippen molar-refractivity contribution in [2.45, 2.75) is 33.2 Å². The smallest absolute Gasteiger partial charge is 0.224 e. The van der Waals surface area contributed by atoms with Crippen molar-refractivity contribution >= 4 is 5.91 Å². The first-order valence-electron chi connectivity index (χ1n) is 6.96. The Labute approximate surface area is 120 Å². The van der Waals surface area contributed by atoms with Gasteiger partial charge >= 0.3 is 0 Å². The molecule has 1 amide bonds. The Morgan fingerprint density at radius 3 is 2.50 bits per heavy atom. The lowest BCUT2D eigenvalue weighted by atomic mass is 10.0. The number of carbonyl (C=O) groups excluding carboxylic acids is 1. The van der Waals surface area contributed by atoms with Crippen molar-refractivity contribution in [3.63, 3.8) is 0 Å². The summed E-state index contributed by atoms with van der Waals surface area (Å²) in [5, 5.41) is 3.05. The zero-order valence-corrected chi connectivity index (χ0v) is 12.3. The number of hydrogen-bond donors (Lipinski definition) is 1. The summed E-state index contributed by atoms with van der Waals surface area (Å²) in [7, 11) is 0. The van der Waals surface area contributed by atoms with Crippen molar-refractivity contribution < 1.29 is 4.79 Å². The van der Waals surface area contributed by atoms with Gasteiger partial charge in [0.05, 0.1) is 12.5 Å². The van der Waals surface area contributed by atoms with E-state index in [-0.39, 0.29) is 11.9 Å². The highest BCUT2D eigenvalue weighted by Gasteiger charge is 2.11. The molecule has 2 rings (SSSR count). The summed E-state index contributed by atoms with van der Waals surface area (Å²) in [6.07, 6.45) is 0.435. The third-order valence-electron chi connectivity index (χ3n) is 3.53. The van der Waals surface area contributed by atoms with Gasteiger partial charge in [-0.15, -0.1) is 0 Å². The van der Waals surface area contributed by atoms with E-state index >= 15 is 0 Å². The summed E-state index contributed by atoms with van der Waals surface area (Å²) >= 11 is 0. The summed E-state index contributed by atoms with van der Waals surface area (Å²) in [4.78, 5) is 12.1. The molecule has 104 valence electrons. The van der Waals surface area contributed by atoms with E-state index in [0.717, 1.165) is 16.7 Å². The predicted octanol–water partition coefficient (Wildman–Crippen LogP) is 3.72. The quantitative estimate of drug-likeness (QED) is 0.898. The van der Waals surface area contributed by atoms with Crippen LogP contribution in [0.15, 0.2) is 48.5 Å². The van der Waals surface area contributed by atoms with Crippen LogP contribution in [0.2, 0.25) is 0 Å². The highest BCUT2D eigenvalue weighted by atomic mass is 16.1. The number of rotatable bonds is 4. The lowest BCUT2D eigenvalue weighted by Crippen LogP contribution is -2.28. The minimum Gasteiger partial charge on any atom is -0.349 e. The summed E-state index contributed by atoms with van der Waals surface area (Å²) in [5.41, 5.74) is 4.58. The Bertz CT molecular complexity index is 590. The minimum absolute atomic E-state index is 0.0359. The van der Waals surface area contributed by atoms with Crippen molar-refractivity contribution in [2.75, 3.05) is 0 Å². The van der Waals surface area contributed by atoms with Gasteiger partial charge in [0, 0.05) is 0 Å². The average molecular weight is 267 g/mol. The van der Waals surface area contributed by atoms with Crippen molar-refractivity contribution in [2.24, 2.45) is 0 Å². The first-order valence-corrected chi connectivity index (χ1v) is 6.96. The van der Waals surface area contributed by atoms with Gasteiger partial charge in [-0.1, -0.05) is 54.1 Å². The molecule has 2 nitrogen and oxygen atoms in total. The molecule has 0 aliphatic rings. The molecule has 0 saturated carbocycles. The molecular weight excluding hydrogens is 246 g/mol. The third-order valence-corrected chi connectivity index (χ3v) is 3.53. The molecule has 2 heteroatoms. The van der Waals surface area contributed by atoms with Gasteiger partial charge in [-0.05, 0) is 37.5 Å². The van der Waals surface area contributed by atoms with Gasteiger partial charge in [0.2, 0.25) is 5.91 Å². The highest BCUT2D eigenvalue weighted by molar-refractivity contribution is 5.79. The van der Waals surface area contributed by atoms with E-state index in [1.807, 2.05) is 51.1 Å². The van der Waals surface area contributed by atoms with E-state index in [9.17, 15) is 4.79 Å². The van der Waals surface area contributed by atoms with E-state index in [1.165, 1.54) is 5.56 Å². The normalized spacial score (nSPS) is 11.9. The van der Waals surface area contributed by atoms with Crippen molar-refractivity contribution in [1.82, 2.24) is 5.32 Å². The van der Waals surface area contributed by atoms with Crippen LogP contribution in [0.5, 0.6) is 0 Å². The number of hydrogen-bond acceptors (Lipinski definition) is 1. The Hall–Kier alpha value is -2.09. The van der Waals surface area contributed by atoms with Gasteiger partial charge < -0.3 is 5.32 Å². The molecule has 20 heavy (non-hydrogen) atoms. The van der Waals surface area contributed by atoms with Gasteiger partial charge in [-0.3, -0.25) is 4.79 Å². The fourth-order valence-electron chi connectivity index (χ4n) is 2.28. The van der Waals surface area contributed by atoms with Crippen LogP contribution in [-0.4, -0.2) is 5.91 Å². The molecule has 2 aromatic carbocycles. The Morgan fingerprint density at radius 1 is 1.10 bits per heavy atom. The SMILES string of the molecule is Cc1ccc(C)c(CC(=O)N[C@H](C)c2ccccc2)c1. The number of nitrogens with one attached hydrogen (secondary N) is 1. The van der Waals surface area contributed by atoms with E-state index in [0.29, 0.717) is 6.42 Å². The number of carbonyl (C=O) groups is 1. The number of benzene rings is 2. The summed E-state index contributed by atoms with van der Waals surface area (Å²) in [5.74, 6) is 0.0649. The summed E-state index contributed by atoms with van der Waals surface area (Å²) in [6, 6.07) is 16.3. The average Bonchev–Trinajstić information content (AvgIpc) is 2.43. The fraction of sp³-hybridized carbons (Fsp3) is 0.278. The van der Waals surface area contributed by atoms with E-state index in [1.54, 1.807) is 0 Å². The van der Waals surface area contributed by atoms with Gasteiger partial charge in [0.1, 0.15) is 0 Å². The first kappa shape index (κ1) is 14.3. The maximum Gasteiger partial charge on any atom is 0.224 e.